The smallest absolute Gasteiger partial charge is 0.316 e. The molecule has 1 aromatic rings. The first kappa shape index (κ1) is 20.2. The van der Waals surface area contributed by atoms with Crippen LogP contribution in [0, 0.1) is 23.0 Å². The number of carbonyl (C=O) groups is 2. The van der Waals surface area contributed by atoms with Gasteiger partial charge in [0.2, 0.25) is 0 Å². The molecule has 1 saturated carbocycles. The van der Waals surface area contributed by atoms with Gasteiger partial charge in [0, 0.05) is 11.9 Å². The Kier molecular flexibility index (Phi) is 6.98. The van der Waals surface area contributed by atoms with Crippen LogP contribution in [0.5, 0.6) is 0 Å². The highest BCUT2D eigenvalue weighted by atomic mass is 32.2. The third-order valence-corrected chi connectivity index (χ3v) is 5.50. The number of amides is 1. The molecule has 0 atom stereocenters. The fourth-order valence-electron chi connectivity index (χ4n) is 2.90. The van der Waals surface area contributed by atoms with E-state index in [0.717, 1.165) is 49.2 Å². The third-order valence-electron chi connectivity index (χ3n) is 4.50. The standard InChI is InChI=1S/C18H20F2N2O3S/c1-22(18(12-21)7-3-2-4-8-18)16(23)10-25-17(24)11-26-15-9-13(19)5-6-14(15)20/h5-6,9H,2-4,7-8,10-11H2,1H3. The van der Waals surface area contributed by atoms with Crippen LogP contribution in [0.2, 0.25) is 0 Å². The number of likely N-dealkylation sites (N-methyl/N-ethyl adjacent to an activating group) is 1. The van der Waals surface area contributed by atoms with Crippen LogP contribution in [0.25, 0.3) is 0 Å². The molecule has 1 aliphatic carbocycles. The zero-order valence-electron chi connectivity index (χ0n) is 14.5. The van der Waals surface area contributed by atoms with Crippen molar-refractivity contribution < 1.29 is 23.1 Å². The molecule has 8 heteroatoms. The highest BCUT2D eigenvalue weighted by molar-refractivity contribution is 8.00. The maximum Gasteiger partial charge on any atom is 0.316 e. The lowest BCUT2D eigenvalue weighted by Gasteiger charge is -2.38. The first-order valence-electron chi connectivity index (χ1n) is 8.29. The van der Waals surface area contributed by atoms with E-state index in [1.807, 2.05) is 0 Å². The number of benzene rings is 1. The van der Waals surface area contributed by atoms with E-state index < -0.39 is 35.7 Å². The quantitative estimate of drug-likeness (QED) is 0.558. The maximum absolute atomic E-state index is 13.5. The maximum atomic E-state index is 13.5. The lowest BCUT2D eigenvalue weighted by Crippen LogP contribution is -2.51. The summed E-state index contributed by atoms with van der Waals surface area (Å²) in [4.78, 5) is 25.4. The second-order valence-electron chi connectivity index (χ2n) is 6.18. The number of esters is 1. The van der Waals surface area contributed by atoms with E-state index in [9.17, 15) is 23.6 Å². The van der Waals surface area contributed by atoms with Gasteiger partial charge in [-0.3, -0.25) is 9.59 Å². The van der Waals surface area contributed by atoms with Gasteiger partial charge in [0.25, 0.3) is 5.91 Å². The summed E-state index contributed by atoms with van der Waals surface area (Å²) in [7, 11) is 1.54. The Hall–Kier alpha value is -2.14. The van der Waals surface area contributed by atoms with Gasteiger partial charge in [-0.1, -0.05) is 19.3 Å². The fraction of sp³-hybridized carbons (Fsp3) is 0.500. The zero-order chi connectivity index (χ0) is 19.2. The number of ether oxygens (including phenoxy) is 1. The Labute approximate surface area is 155 Å². The molecule has 140 valence electrons. The lowest BCUT2D eigenvalue weighted by molar-refractivity contribution is -0.151. The molecule has 0 N–H and O–H groups in total. The second-order valence-corrected chi connectivity index (χ2v) is 7.20. The summed E-state index contributed by atoms with van der Waals surface area (Å²) in [6, 6.07) is 5.19. The van der Waals surface area contributed by atoms with Gasteiger partial charge >= 0.3 is 5.97 Å². The highest BCUT2D eigenvalue weighted by Crippen LogP contribution is 2.32. The predicted octanol–water partition coefficient (Wildman–Crippen LogP) is 3.28. The molecule has 1 aliphatic rings. The van der Waals surface area contributed by atoms with Gasteiger partial charge in [-0.2, -0.15) is 5.26 Å². The average Bonchev–Trinajstić information content (AvgIpc) is 2.66. The van der Waals surface area contributed by atoms with Crippen LogP contribution in [0.15, 0.2) is 23.1 Å². The topological polar surface area (TPSA) is 70.4 Å². The van der Waals surface area contributed by atoms with Crippen molar-refractivity contribution in [2.24, 2.45) is 0 Å². The van der Waals surface area contributed by atoms with Crippen molar-refractivity contribution in [3.8, 4) is 6.07 Å². The second kappa shape index (κ2) is 8.99. The molecular formula is C18H20F2N2O3S. The van der Waals surface area contributed by atoms with Gasteiger partial charge in [-0.05, 0) is 31.0 Å². The number of hydrogen-bond donors (Lipinski definition) is 0. The molecule has 1 fully saturated rings. The van der Waals surface area contributed by atoms with Gasteiger partial charge in [-0.25, -0.2) is 8.78 Å². The molecule has 0 heterocycles. The van der Waals surface area contributed by atoms with Crippen molar-refractivity contribution in [1.82, 2.24) is 4.90 Å². The molecule has 1 amide bonds. The molecule has 0 bridgehead atoms. The van der Waals surface area contributed by atoms with Crippen LogP contribution in [-0.4, -0.2) is 41.7 Å². The van der Waals surface area contributed by atoms with Gasteiger partial charge in [0.1, 0.15) is 17.2 Å². The van der Waals surface area contributed by atoms with E-state index in [1.165, 1.54) is 4.90 Å². The molecule has 0 radical (unpaired) electrons. The number of nitriles is 1. The van der Waals surface area contributed by atoms with Crippen molar-refractivity contribution in [3.63, 3.8) is 0 Å². The Balaban J connectivity index is 1.83. The largest absolute Gasteiger partial charge is 0.455 e. The third kappa shape index (κ3) is 4.94. The first-order valence-corrected chi connectivity index (χ1v) is 9.28. The van der Waals surface area contributed by atoms with Gasteiger partial charge in [0.15, 0.2) is 6.61 Å². The predicted molar refractivity (Wildman–Crippen MR) is 92.2 cm³/mol. The monoisotopic (exact) mass is 382 g/mol. The molecule has 0 aromatic heterocycles. The molecule has 1 aromatic carbocycles. The van der Waals surface area contributed by atoms with Crippen LogP contribution in [0.3, 0.4) is 0 Å². The van der Waals surface area contributed by atoms with Crippen LogP contribution < -0.4 is 0 Å². The highest BCUT2D eigenvalue weighted by Gasteiger charge is 2.38. The minimum Gasteiger partial charge on any atom is -0.455 e. The Bertz CT molecular complexity index is 715. The van der Waals surface area contributed by atoms with E-state index in [1.54, 1.807) is 7.05 Å². The van der Waals surface area contributed by atoms with Crippen LogP contribution in [0.1, 0.15) is 32.1 Å². The van der Waals surface area contributed by atoms with Gasteiger partial charge < -0.3 is 9.64 Å². The minimum atomic E-state index is -0.846. The molecule has 26 heavy (non-hydrogen) atoms. The van der Waals surface area contributed by atoms with E-state index in [4.69, 9.17) is 4.74 Å². The normalized spacial score (nSPS) is 15.8. The molecule has 0 unspecified atom stereocenters. The fourth-order valence-corrected chi connectivity index (χ4v) is 3.66. The molecule has 0 saturated heterocycles. The Morgan fingerprint density at radius 3 is 2.65 bits per heavy atom. The van der Waals surface area contributed by atoms with E-state index in [-0.39, 0.29) is 10.6 Å². The van der Waals surface area contributed by atoms with Crippen molar-refractivity contribution in [2.75, 3.05) is 19.4 Å². The van der Waals surface area contributed by atoms with Crippen molar-refractivity contribution in [3.05, 3.63) is 29.8 Å². The molecular weight excluding hydrogens is 362 g/mol. The lowest BCUT2D eigenvalue weighted by atomic mass is 9.81. The molecule has 0 spiro atoms. The first-order chi connectivity index (χ1) is 12.4. The SMILES string of the molecule is CN(C(=O)COC(=O)CSc1cc(F)ccc1F)C1(C#N)CCCCC1. The zero-order valence-corrected chi connectivity index (χ0v) is 15.3. The summed E-state index contributed by atoms with van der Waals surface area (Å²) < 4.78 is 31.5. The summed E-state index contributed by atoms with van der Waals surface area (Å²) in [6.45, 7) is -0.481. The van der Waals surface area contributed by atoms with E-state index in [2.05, 4.69) is 6.07 Å². The number of halogens is 2. The molecule has 0 aliphatic heterocycles. The number of carbonyl (C=O) groups excluding carboxylic acids is 2. The number of nitrogens with zero attached hydrogens (tertiary/aromatic N) is 2. The van der Waals surface area contributed by atoms with Crippen molar-refractivity contribution >= 4 is 23.6 Å². The average molecular weight is 382 g/mol. The van der Waals surface area contributed by atoms with Gasteiger partial charge in [-0.15, -0.1) is 11.8 Å². The summed E-state index contributed by atoms with van der Waals surface area (Å²) in [6.07, 6.45) is 4.00. The summed E-state index contributed by atoms with van der Waals surface area (Å²) in [5, 5.41) is 9.48. The van der Waals surface area contributed by atoms with Crippen LogP contribution in [-0.2, 0) is 14.3 Å². The van der Waals surface area contributed by atoms with Crippen LogP contribution in [0.4, 0.5) is 8.78 Å². The summed E-state index contributed by atoms with van der Waals surface area (Å²) >= 11 is 0.794. The number of rotatable bonds is 6. The minimum absolute atomic E-state index is 0.00367. The van der Waals surface area contributed by atoms with E-state index >= 15 is 0 Å². The van der Waals surface area contributed by atoms with Gasteiger partial charge in [0.05, 0.1) is 11.8 Å². The number of hydrogen-bond acceptors (Lipinski definition) is 5. The Morgan fingerprint density at radius 2 is 2.00 bits per heavy atom. The molecule has 5 nitrogen and oxygen atoms in total. The Morgan fingerprint density at radius 1 is 1.31 bits per heavy atom. The van der Waals surface area contributed by atoms with Crippen molar-refractivity contribution in [1.29, 1.82) is 5.26 Å². The number of thioether (sulfide) groups is 1. The van der Waals surface area contributed by atoms with Crippen LogP contribution >= 0.6 is 11.8 Å². The van der Waals surface area contributed by atoms with Crippen molar-refractivity contribution in [2.45, 2.75) is 42.5 Å². The summed E-state index contributed by atoms with van der Waals surface area (Å²) in [5.74, 6) is -2.65. The molecule has 2 rings (SSSR count). The van der Waals surface area contributed by atoms with E-state index in [0.29, 0.717) is 12.8 Å². The summed E-state index contributed by atoms with van der Waals surface area (Å²) in [5.41, 5.74) is -0.846.